The Bertz CT molecular complexity index is 1130. The minimum atomic E-state index is -1.29. The fourth-order valence-corrected chi connectivity index (χ4v) is 4.57. The van der Waals surface area contributed by atoms with Gasteiger partial charge in [-0.25, -0.2) is 4.79 Å². The molecule has 32 heavy (non-hydrogen) atoms. The molecule has 1 aliphatic carbocycles. The van der Waals surface area contributed by atoms with Crippen LogP contribution in [0.3, 0.4) is 0 Å². The molecule has 8 heteroatoms. The van der Waals surface area contributed by atoms with Crippen LogP contribution in [0.25, 0.3) is 10.8 Å². The molecule has 0 bridgehead atoms. The van der Waals surface area contributed by atoms with Gasteiger partial charge in [-0.05, 0) is 54.3 Å². The van der Waals surface area contributed by atoms with Crippen LogP contribution >= 0.6 is 0 Å². The zero-order chi connectivity index (χ0) is 22.9. The Hall–Kier alpha value is -3.60. The summed E-state index contributed by atoms with van der Waals surface area (Å²) in [5.74, 6) is -0.279. The summed E-state index contributed by atoms with van der Waals surface area (Å²) in [6, 6.07) is 12.7. The van der Waals surface area contributed by atoms with E-state index >= 15 is 0 Å². The fraction of sp³-hybridized carbons (Fsp3) is 0.417. The van der Waals surface area contributed by atoms with Crippen molar-refractivity contribution < 1.29 is 19.1 Å². The number of carbonyl (C=O) groups excluding carboxylic acids is 3. The third-order valence-electron chi connectivity index (χ3n) is 6.50. The Kier molecular flexibility index (Phi) is 5.51. The van der Waals surface area contributed by atoms with Gasteiger partial charge in [0.2, 0.25) is 5.91 Å². The van der Waals surface area contributed by atoms with Crippen molar-refractivity contribution in [2.75, 3.05) is 13.7 Å². The molecule has 4 amide bonds. The number of fused-ring (bicyclic) bond motifs is 1. The van der Waals surface area contributed by atoms with E-state index in [1.165, 1.54) is 0 Å². The van der Waals surface area contributed by atoms with E-state index in [2.05, 4.69) is 16.7 Å². The second-order valence-electron chi connectivity index (χ2n) is 8.68. The van der Waals surface area contributed by atoms with Gasteiger partial charge in [-0.15, -0.1) is 0 Å². The molecule has 0 aromatic heterocycles. The largest absolute Gasteiger partial charge is 0.497 e. The smallest absolute Gasteiger partial charge is 0.325 e. The molecular weight excluding hydrogens is 408 g/mol. The Morgan fingerprint density at radius 2 is 1.84 bits per heavy atom. The number of urea groups is 1. The van der Waals surface area contributed by atoms with E-state index in [0.29, 0.717) is 18.4 Å². The quantitative estimate of drug-likeness (QED) is 0.703. The second-order valence-corrected chi connectivity index (χ2v) is 8.68. The van der Waals surface area contributed by atoms with E-state index in [4.69, 9.17) is 4.74 Å². The summed E-state index contributed by atoms with van der Waals surface area (Å²) in [6.45, 7) is 1.21. The summed E-state index contributed by atoms with van der Waals surface area (Å²) in [4.78, 5) is 39.4. The number of benzene rings is 2. The van der Waals surface area contributed by atoms with Crippen molar-refractivity contribution in [3.63, 3.8) is 0 Å². The molecule has 1 saturated carbocycles. The molecule has 0 spiro atoms. The molecule has 2 aliphatic rings. The van der Waals surface area contributed by atoms with E-state index in [1.807, 2.05) is 30.3 Å². The number of hydrogen-bond donors (Lipinski definition) is 2. The number of hydrogen-bond acceptors (Lipinski definition) is 5. The van der Waals surface area contributed by atoms with Crippen molar-refractivity contribution >= 4 is 28.6 Å². The number of methoxy groups -OCH3 is 1. The summed E-state index contributed by atoms with van der Waals surface area (Å²) in [5.41, 5.74) is -1.59. The fourth-order valence-electron chi connectivity index (χ4n) is 4.57. The predicted octanol–water partition coefficient (Wildman–Crippen LogP) is 2.96. The van der Waals surface area contributed by atoms with Gasteiger partial charge < -0.3 is 15.4 Å². The van der Waals surface area contributed by atoms with Crippen molar-refractivity contribution in [3.05, 3.63) is 42.0 Å². The minimum absolute atomic E-state index is 0.422. The van der Waals surface area contributed by atoms with Crippen LogP contribution in [0.2, 0.25) is 0 Å². The number of nitrogens with one attached hydrogen (secondary N) is 2. The number of rotatable bonds is 5. The maximum Gasteiger partial charge on any atom is 0.325 e. The first-order chi connectivity index (χ1) is 15.3. The van der Waals surface area contributed by atoms with E-state index in [1.54, 1.807) is 20.1 Å². The molecule has 2 N–H and O–H groups in total. The monoisotopic (exact) mass is 434 g/mol. The second kappa shape index (κ2) is 8.15. The third-order valence-corrected chi connectivity index (χ3v) is 6.50. The normalized spacial score (nSPS) is 22.3. The molecule has 2 aromatic carbocycles. The zero-order valence-electron chi connectivity index (χ0n) is 18.2. The third kappa shape index (κ3) is 3.75. The highest BCUT2D eigenvalue weighted by molar-refractivity contribution is 6.09. The molecule has 2 fully saturated rings. The Labute approximate surface area is 186 Å². The number of nitriles is 1. The van der Waals surface area contributed by atoms with Crippen LogP contribution in [0.5, 0.6) is 5.75 Å². The van der Waals surface area contributed by atoms with Crippen LogP contribution in [0, 0.1) is 11.3 Å². The highest BCUT2D eigenvalue weighted by Gasteiger charge is 2.50. The maximum absolute atomic E-state index is 13.2. The number of ether oxygens (including phenoxy) is 1. The van der Waals surface area contributed by atoms with Crippen LogP contribution < -0.4 is 15.4 Å². The number of imide groups is 1. The summed E-state index contributed by atoms with van der Waals surface area (Å²) in [7, 11) is 1.60. The molecule has 166 valence electrons. The molecule has 2 aromatic rings. The SMILES string of the molecule is COc1ccc2cc(C3(C)NC(=O)N(CC(=O)NC4(C#N)CCCCC4)C3=O)ccc2c1. The highest BCUT2D eigenvalue weighted by Crippen LogP contribution is 2.32. The minimum Gasteiger partial charge on any atom is -0.497 e. The lowest BCUT2D eigenvalue weighted by molar-refractivity contribution is -0.135. The van der Waals surface area contributed by atoms with E-state index in [-0.39, 0.29) is 0 Å². The first kappa shape index (κ1) is 21.6. The Balaban J connectivity index is 1.53. The number of nitrogens with zero attached hydrogens (tertiary/aromatic N) is 2. The van der Waals surface area contributed by atoms with E-state index in [9.17, 15) is 19.6 Å². The lowest BCUT2D eigenvalue weighted by atomic mass is 9.83. The van der Waals surface area contributed by atoms with Gasteiger partial charge in [0.25, 0.3) is 5.91 Å². The van der Waals surface area contributed by atoms with Gasteiger partial charge >= 0.3 is 6.03 Å². The first-order valence-corrected chi connectivity index (χ1v) is 10.7. The lowest BCUT2D eigenvalue weighted by Crippen LogP contribution is -2.52. The summed E-state index contributed by atoms with van der Waals surface area (Å²) >= 11 is 0. The summed E-state index contributed by atoms with van der Waals surface area (Å²) in [6.07, 6.45) is 3.92. The van der Waals surface area contributed by atoms with E-state index in [0.717, 1.165) is 40.7 Å². The van der Waals surface area contributed by atoms with Crippen LogP contribution in [0.15, 0.2) is 36.4 Å². The molecule has 0 radical (unpaired) electrons. The van der Waals surface area contributed by atoms with Crippen molar-refractivity contribution in [1.82, 2.24) is 15.5 Å². The Morgan fingerprint density at radius 3 is 2.53 bits per heavy atom. The van der Waals surface area contributed by atoms with Gasteiger partial charge in [-0.2, -0.15) is 5.26 Å². The standard InChI is InChI=1S/C24H26N4O4/c1-23(18-8-6-17-13-19(32-2)9-7-16(17)12-18)21(30)28(22(31)27-23)14-20(29)26-24(15-25)10-4-3-5-11-24/h6-9,12-13H,3-5,10-11,14H2,1-2H3,(H,26,29)(H,27,31). The molecular formula is C24H26N4O4. The van der Waals surface area contributed by atoms with E-state index < -0.39 is 35.5 Å². The average Bonchev–Trinajstić information content (AvgIpc) is 3.02. The molecule has 1 heterocycles. The van der Waals surface area contributed by atoms with Crippen molar-refractivity contribution in [1.29, 1.82) is 5.26 Å². The van der Waals surface area contributed by atoms with Gasteiger partial charge in [0.1, 0.15) is 23.4 Å². The highest BCUT2D eigenvalue weighted by atomic mass is 16.5. The lowest BCUT2D eigenvalue weighted by Gasteiger charge is -2.32. The Morgan fingerprint density at radius 1 is 1.16 bits per heavy atom. The summed E-state index contributed by atoms with van der Waals surface area (Å²) < 4.78 is 5.25. The van der Waals surface area contributed by atoms with Crippen LogP contribution in [0.4, 0.5) is 4.79 Å². The van der Waals surface area contributed by atoms with Crippen molar-refractivity contribution in [2.24, 2.45) is 0 Å². The van der Waals surface area contributed by atoms with Gasteiger partial charge in [-0.1, -0.05) is 37.5 Å². The van der Waals surface area contributed by atoms with Gasteiger partial charge in [0, 0.05) is 0 Å². The molecule has 1 atom stereocenters. The number of carbonyl (C=O) groups is 3. The predicted molar refractivity (Wildman–Crippen MR) is 118 cm³/mol. The zero-order valence-corrected chi connectivity index (χ0v) is 18.2. The van der Waals surface area contributed by atoms with Crippen LogP contribution in [-0.4, -0.2) is 41.9 Å². The number of amides is 4. The van der Waals surface area contributed by atoms with Crippen LogP contribution in [0.1, 0.15) is 44.6 Å². The van der Waals surface area contributed by atoms with Crippen LogP contribution in [-0.2, 0) is 15.1 Å². The van der Waals surface area contributed by atoms with Gasteiger partial charge in [-0.3, -0.25) is 14.5 Å². The summed E-state index contributed by atoms with van der Waals surface area (Å²) in [5, 5.41) is 16.9. The molecule has 1 saturated heterocycles. The first-order valence-electron chi connectivity index (χ1n) is 10.7. The molecule has 4 rings (SSSR count). The van der Waals surface area contributed by atoms with Gasteiger partial charge in [0.05, 0.1) is 13.2 Å². The van der Waals surface area contributed by atoms with Crippen molar-refractivity contribution in [3.8, 4) is 11.8 Å². The average molecular weight is 434 g/mol. The molecule has 1 aliphatic heterocycles. The van der Waals surface area contributed by atoms with Gasteiger partial charge in [0.15, 0.2) is 0 Å². The maximum atomic E-state index is 13.2. The van der Waals surface area contributed by atoms with Crippen molar-refractivity contribution in [2.45, 2.75) is 50.1 Å². The molecule has 1 unspecified atom stereocenters. The molecule has 8 nitrogen and oxygen atoms in total. The topological polar surface area (TPSA) is 112 Å².